The minimum absolute atomic E-state index is 0.0675. The number of aliphatic imine (C=N–C) groups is 1. The second-order valence-electron chi connectivity index (χ2n) is 9.40. The van der Waals surface area contributed by atoms with Crippen LogP contribution in [-0.2, 0) is 16.0 Å². The van der Waals surface area contributed by atoms with Crippen molar-refractivity contribution in [2.75, 3.05) is 18.4 Å². The number of amides is 2. The van der Waals surface area contributed by atoms with Gasteiger partial charge in [-0.2, -0.15) is 0 Å². The van der Waals surface area contributed by atoms with Gasteiger partial charge in [-0.05, 0) is 63.6 Å². The van der Waals surface area contributed by atoms with Gasteiger partial charge in [0.1, 0.15) is 11.5 Å². The first-order valence-corrected chi connectivity index (χ1v) is 12.6. The number of hydrogen-bond donors (Lipinski definition) is 2. The van der Waals surface area contributed by atoms with Crippen LogP contribution in [-0.4, -0.2) is 53.9 Å². The number of carbonyl (C=O) groups excluding carboxylic acids is 3. The fourth-order valence-electron chi connectivity index (χ4n) is 4.20. The molecule has 0 aromatic heterocycles. The first-order valence-electron chi connectivity index (χ1n) is 12.2. The van der Waals surface area contributed by atoms with Crippen LogP contribution >= 0.6 is 11.6 Å². The van der Waals surface area contributed by atoms with Crippen LogP contribution in [0, 0.1) is 5.82 Å². The third-order valence-electron chi connectivity index (χ3n) is 6.08. The predicted octanol–water partition coefficient (Wildman–Crippen LogP) is 4.81. The number of anilines is 1. The average Bonchev–Trinajstić information content (AvgIpc) is 3.32. The van der Waals surface area contributed by atoms with Crippen molar-refractivity contribution in [3.8, 4) is 0 Å². The summed E-state index contributed by atoms with van der Waals surface area (Å²) in [6, 6.07) is 11.2. The van der Waals surface area contributed by atoms with E-state index in [1.54, 1.807) is 30.5 Å². The van der Waals surface area contributed by atoms with Crippen molar-refractivity contribution >= 4 is 41.1 Å². The third-order valence-corrected chi connectivity index (χ3v) is 6.39. The van der Waals surface area contributed by atoms with Crippen molar-refractivity contribution in [2.45, 2.75) is 52.6 Å². The molecule has 0 spiro atoms. The molecule has 0 aliphatic carbocycles. The van der Waals surface area contributed by atoms with Gasteiger partial charge in [0.2, 0.25) is 0 Å². The van der Waals surface area contributed by atoms with Crippen LogP contribution in [0.25, 0.3) is 0 Å². The Balaban J connectivity index is 1.58. The molecule has 0 atom stereocenters. The fraction of sp³-hybridized carbons (Fsp3) is 0.357. The highest BCUT2D eigenvalue weighted by atomic mass is 35.5. The van der Waals surface area contributed by atoms with Crippen molar-refractivity contribution in [1.29, 1.82) is 0 Å². The molecule has 2 aromatic carbocycles. The summed E-state index contributed by atoms with van der Waals surface area (Å²) in [5.41, 5.74) is 1.90. The topological polar surface area (TPSA) is 90.9 Å². The maximum Gasteiger partial charge on any atom is 0.270 e. The molecule has 0 bridgehead atoms. The molecule has 0 unspecified atom stereocenters. The molecule has 9 heteroatoms. The number of halogens is 2. The smallest absolute Gasteiger partial charge is 0.270 e. The molecule has 2 amide bonds. The normalized spacial score (nSPS) is 13.1. The molecule has 1 aliphatic rings. The minimum Gasteiger partial charge on any atom is -0.349 e. The standard InChI is InChI=1S/C28H32ClFN4O3/c1-17(2)34(18(3)4)14-13-32-28(37)26-23(11-12-31-26)27(36)33-21-8-5-19(6-9-21)15-25(35)22-10-7-20(30)16-24(22)29/h5-10,12,16-18H,11,13-15H2,1-4H3,(H,32,37)(H,33,36). The lowest BCUT2D eigenvalue weighted by molar-refractivity contribution is -0.118. The van der Waals surface area contributed by atoms with E-state index in [0.29, 0.717) is 42.0 Å². The Morgan fingerprint density at radius 1 is 1.03 bits per heavy atom. The zero-order chi connectivity index (χ0) is 27.1. The summed E-state index contributed by atoms with van der Waals surface area (Å²) in [5, 5.41) is 5.72. The van der Waals surface area contributed by atoms with E-state index >= 15 is 0 Å². The lowest BCUT2D eigenvalue weighted by Gasteiger charge is -2.30. The lowest BCUT2D eigenvalue weighted by atomic mass is 10.0. The highest BCUT2D eigenvalue weighted by molar-refractivity contribution is 6.34. The molecule has 7 nitrogen and oxygen atoms in total. The van der Waals surface area contributed by atoms with E-state index in [1.165, 1.54) is 12.1 Å². The summed E-state index contributed by atoms with van der Waals surface area (Å²) < 4.78 is 13.2. The van der Waals surface area contributed by atoms with Gasteiger partial charge in [0.25, 0.3) is 11.8 Å². The van der Waals surface area contributed by atoms with Crippen molar-refractivity contribution in [3.63, 3.8) is 0 Å². The van der Waals surface area contributed by atoms with E-state index in [2.05, 4.69) is 48.2 Å². The highest BCUT2D eigenvalue weighted by Gasteiger charge is 2.24. The van der Waals surface area contributed by atoms with E-state index in [4.69, 9.17) is 11.6 Å². The predicted molar refractivity (Wildman–Crippen MR) is 145 cm³/mol. The van der Waals surface area contributed by atoms with Crippen molar-refractivity contribution in [2.24, 2.45) is 4.99 Å². The summed E-state index contributed by atoms with van der Waals surface area (Å²) >= 11 is 5.98. The number of nitrogens with zero attached hydrogens (tertiary/aromatic N) is 2. The molecular weight excluding hydrogens is 495 g/mol. The van der Waals surface area contributed by atoms with Crippen molar-refractivity contribution < 1.29 is 18.8 Å². The maximum absolute atomic E-state index is 13.2. The number of benzene rings is 2. The molecule has 0 fully saturated rings. The van der Waals surface area contributed by atoms with Gasteiger partial charge in [0.15, 0.2) is 5.78 Å². The Morgan fingerprint density at radius 2 is 1.70 bits per heavy atom. The molecule has 0 radical (unpaired) electrons. The summed E-state index contributed by atoms with van der Waals surface area (Å²) in [7, 11) is 0. The Morgan fingerprint density at radius 3 is 2.32 bits per heavy atom. The number of rotatable bonds is 11. The highest BCUT2D eigenvalue weighted by Crippen LogP contribution is 2.22. The second kappa shape index (κ2) is 12.7. The largest absolute Gasteiger partial charge is 0.349 e. The van der Waals surface area contributed by atoms with E-state index < -0.39 is 11.7 Å². The molecule has 3 rings (SSSR count). The molecule has 2 N–H and O–H groups in total. The van der Waals surface area contributed by atoms with Gasteiger partial charge in [-0.1, -0.05) is 23.7 Å². The van der Waals surface area contributed by atoms with Crippen LogP contribution in [0.15, 0.2) is 58.7 Å². The van der Waals surface area contributed by atoms with Crippen LogP contribution in [0.4, 0.5) is 10.1 Å². The van der Waals surface area contributed by atoms with Crippen LogP contribution in [0.2, 0.25) is 5.02 Å². The summed E-state index contributed by atoms with van der Waals surface area (Å²) in [6.07, 6.45) is 1.89. The minimum atomic E-state index is -0.506. The van der Waals surface area contributed by atoms with Gasteiger partial charge < -0.3 is 10.6 Å². The van der Waals surface area contributed by atoms with E-state index in [-0.39, 0.29) is 40.8 Å². The molecule has 37 heavy (non-hydrogen) atoms. The average molecular weight is 527 g/mol. The van der Waals surface area contributed by atoms with Gasteiger partial charge in [-0.25, -0.2) is 4.39 Å². The maximum atomic E-state index is 13.2. The third kappa shape index (κ3) is 7.57. The van der Waals surface area contributed by atoms with Crippen molar-refractivity contribution in [3.05, 3.63) is 75.7 Å². The van der Waals surface area contributed by atoms with Gasteiger partial charge >= 0.3 is 0 Å². The number of ketones is 1. The Bertz CT molecular complexity index is 1210. The number of carbonyl (C=O) groups is 3. The fourth-order valence-corrected chi connectivity index (χ4v) is 4.47. The number of Topliss-reactive ketones (excluding diaryl/α,β-unsaturated/α-hetero) is 1. The summed E-state index contributed by atoms with van der Waals surface area (Å²) in [6.45, 7) is 9.59. The molecule has 1 heterocycles. The molecule has 0 saturated carbocycles. The van der Waals surface area contributed by atoms with E-state index in [1.807, 2.05) is 0 Å². The van der Waals surface area contributed by atoms with Crippen LogP contribution in [0.5, 0.6) is 0 Å². The van der Waals surface area contributed by atoms with Crippen LogP contribution in [0.3, 0.4) is 0 Å². The van der Waals surface area contributed by atoms with Crippen LogP contribution in [0.1, 0.15) is 50.0 Å². The Labute approximate surface area is 221 Å². The van der Waals surface area contributed by atoms with E-state index in [0.717, 1.165) is 6.07 Å². The zero-order valence-electron chi connectivity index (χ0n) is 21.5. The molecule has 0 saturated heterocycles. The number of hydrogen-bond acceptors (Lipinski definition) is 5. The molecular formula is C28H32ClFN4O3. The van der Waals surface area contributed by atoms with Gasteiger partial charge in [-0.3, -0.25) is 24.3 Å². The van der Waals surface area contributed by atoms with Gasteiger partial charge in [0.05, 0.1) is 10.6 Å². The Kier molecular flexibility index (Phi) is 9.72. The van der Waals surface area contributed by atoms with Crippen molar-refractivity contribution in [1.82, 2.24) is 10.2 Å². The monoisotopic (exact) mass is 526 g/mol. The molecule has 196 valence electrons. The van der Waals surface area contributed by atoms with Crippen LogP contribution < -0.4 is 10.6 Å². The SMILES string of the molecule is CC(C)N(CCNC(=O)C1=C(C(=O)Nc2ccc(CC(=O)c3ccc(F)cc3Cl)cc2)CC=N1)C(C)C. The quantitative estimate of drug-likeness (QED) is 0.411. The summed E-state index contributed by atoms with van der Waals surface area (Å²) in [5.74, 6) is -1.53. The zero-order valence-corrected chi connectivity index (χ0v) is 22.2. The molecule has 1 aliphatic heterocycles. The number of nitrogens with one attached hydrogen (secondary N) is 2. The van der Waals surface area contributed by atoms with E-state index in [9.17, 15) is 18.8 Å². The Hall–Kier alpha value is -3.36. The molecule has 2 aromatic rings. The second-order valence-corrected chi connectivity index (χ2v) is 9.81. The first kappa shape index (κ1) is 28.2. The lowest BCUT2D eigenvalue weighted by Crippen LogP contribution is -2.42. The van der Waals surface area contributed by atoms with Gasteiger partial charge in [-0.15, -0.1) is 0 Å². The summed E-state index contributed by atoms with van der Waals surface area (Å²) in [4.78, 5) is 44.5. The first-order chi connectivity index (χ1) is 17.6. The van der Waals surface area contributed by atoms with Gasteiger partial charge in [0, 0.05) is 55.5 Å².